The van der Waals surface area contributed by atoms with Crippen molar-refractivity contribution in [2.75, 3.05) is 4.90 Å². The molecule has 4 aromatic rings. The largest absolute Gasteiger partial charge is 0.347 e. The molecule has 3 aromatic carbocycles. The van der Waals surface area contributed by atoms with Crippen molar-refractivity contribution < 1.29 is 9.59 Å². The third kappa shape index (κ3) is 5.96. The van der Waals surface area contributed by atoms with Gasteiger partial charge in [-0.2, -0.15) is 12.6 Å². The Balaban J connectivity index is 1.74. The Morgan fingerprint density at radius 2 is 1.42 bits per heavy atom. The molecule has 0 radical (unpaired) electrons. The predicted molar refractivity (Wildman–Crippen MR) is 148 cm³/mol. The van der Waals surface area contributed by atoms with Crippen LogP contribution in [-0.2, 0) is 9.59 Å². The molecule has 0 spiro atoms. The van der Waals surface area contributed by atoms with Crippen molar-refractivity contribution in [2.45, 2.75) is 23.7 Å². The Morgan fingerprint density at radius 3 is 2.00 bits per heavy atom. The van der Waals surface area contributed by atoms with Crippen LogP contribution in [0.3, 0.4) is 0 Å². The van der Waals surface area contributed by atoms with Gasteiger partial charge in [-0.1, -0.05) is 78.9 Å². The summed E-state index contributed by atoms with van der Waals surface area (Å²) in [7, 11) is 0. The summed E-state index contributed by atoms with van der Waals surface area (Å²) in [5.74, 6) is -0.866. The highest BCUT2D eigenvalue weighted by molar-refractivity contribution is 7.83. The number of rotatable bonds is 8. The van der Waals surface area contributed by atoms with Gasteiger partial charge in [0.15, 0.2) is 4.71 Å². The number of hydrogen-bond donors (Lipinski definition) is 2. The zero-order chi connectivity index (χ0) is 25.5. The van der Waals surface area contributed by atoms with Gasteiger partial charge in [0.05, 0.1) is 6.04 Å². The first-order valence-electron chi connectivity index (χ1n) is 11.5. The van der Waals surface area contributed by atoms with Crippen molar-refractivity contribution in [3.05, 3.63) is 121 Å². The first-order chi connectivity index (χ1) is 17.5. The number of nitrogens with one attached hydrogen (secondary N) is 1. The van der Waals surface area contributed by atoms with Crippen LogP contribution in [0.1, 0.15) is 30.1 Å². The lowest BCUT2D eigenvalue weighted by atomic mass is 10.0. The fourth-order valence-electron chi connectivity index (χ4n) is 4.04. The molecule has 182 valence electrons. The Labute approximate surface area is 221 Å². The lowest BCUT2D eigenvalue weighted by molar-refractivity contribution is -0.126. The molecule has 0 bridgehead atoms. The Bertz CT molecular complexity index is 1290. The summed E-state index contributed by atoms with van der Waals surface area (Å²) >= 11 is 10.4. The molecule has 36 heavy (non-hydrogen) atoms. The smallest absolute Gasteiger partial charge is 0.256 e. The molecule has 4 rings (SSSR count). The zero-order valence-electron chi connectivity index (χ0n) is 19.7. The number of hydrogen-bond acceptors (Lipinski definition) is 4. The van der Waals surface area contributed by atoms with Crippen molar-refractivity contribution in [3.8, 4) is 11.1 Å². The van der Waals surface area contributed by atoms with Crippen LogP contribution in [0.5, 0.6) is 0 Å². The second kappa shape index (κ2) is 11.9. The van der Waals surface area contributed by atoms with Crippen LogP contribution in [-0.4, -0.2) is 21.5 Å². The summed E-state index contributed by atoms with van der Waals surface area (Å²) in [5.41, 5.74) is 4.06. The van der Waals surface area contributed by atoms with Crippen LogP contribution >= 0.6 is 24.2 Å². The number of thiol groups is 1. The van der Waals surface area contributed by atoms with Crippen LogP contribution < -0.4 is 10.2 Å². The number of pyridine rings is 1. The maximum Gasteiger partial charge on any atom is 0.256 e. The molecule has 0 aliphatic carbocycles. The van der Waals surface area contributed by atoms with Crippen LogP contribution in [0.4, 0.5) is 5.69 Å². The number of halogens is 1. The van der Waals surface area contributed by atoms with Gasteiger partial charge in [-0.15, -0.1) is 11.6 Å². The SMILES string of the molecule is C[C@H](NC(=O)[C@@H](c1cccnc1)N(C(=O)C(S)Cl)c1ccc(-c2ccccc2)cc1)c1ccccc1. The summed E-state index contributed by atoms with van der Waals surface area (Å²) < 4.78 is -1.14. The van der Waals surface area contributed by atoms with Gasteiger partial charge >= 0.3 is 0 Å². The summed E-state index contributed by atoms with van der Waals surface area (Å²) in [6, 6.07) is 29.2. The maximum absolute atomic E-state index is 13.8. The Morgan fingerprint density at radius 1 is 0.833 bits per heavy atom. The van der Waals surface area contributed by atoms with Crippen molar-refractivity contribution in [2.24, 2.45) is 0 Å². The van der Waals surface area contributed by atoms with Crippen LogP contribution in [0.15, 0.2) is 109 Å². The Kier molecular flexibility index (Phi) is 8.41. The quantitative estimate of drug-likeness (QED) is 0.217. The van der Waals surface area contributed by atoms with Gasteiger partial charge in [0.2, 0.25) is 5.91 Å². The van der Waals surface area contributed by atoms with Gasteiger partial charge < -0.3 is 5.32 Å². The third-order valence-corrected chi connectivity index (χ3v) is 6.27. The highest BCUT2D eigenvalue weighted by atomic mass is 35.5. The van der Waals surface area contributed by atoms with E-state index in [2.05, 4.69) is 22.9 Å². The van der Waals surface area contributed by atoms with E-state index in [1.54, 1.807) is 24.5 Å². The van der Waals surface area contributed by atoms with E-state index in [0.29, 0.717) is 11.3 Å². The second-order valence-electron chi connectivity index (χ2n) is 8.29. The molecule has 5 nitrogen and oxygen atoms in total. The standard InChI is InChI=1S/C29H26ClN3O2S/c1-20(21-9-4-2-5-10-21)32-28(34)26(24-13-8-18-31-19-24)33(29(35)27(30)36)25-16-14-23(15-17-25)22-11-6-3-7-12-22/h2-20,26-27,36H,1H3,(H,32,34)/t20-,26+,27?/m0/s1. The molecule has 0 fully saturated rings. The van der Waals surface area contributed by atoms with Gasteiger partial charge in [-0.3, -0.25) is 19.5 Å². The highest BCUT2D eigenvalue weighted by Gasteiger charge is 2.35. The minimum Gasteiger partial charge on any atom is -0.347 e. The van der Waals surface area contributed by atoms with Gasteiger partial charge in [0, 0.05) is 23.6 Å². The predicted octanol–water partition coefficient (Wildman–Crippen LogP) is 6.20. The summed E-state index contributed by atoms with van der Waals surface area (Å²) in [6.07, 6.45) is 3.20. The summed E-state index contributed by atoms with van der Waals surface area (Å²) in [6.45, 7) is 1.90. The lowest BCUT2D eigenvalue weighted by Gasteiger charge is -2.33. The summed E-state index contributed by atoms with van der Waals surface area (Å²) in [5, 5.41) is 3.05. The van der Waals surface area contributed by atoms with E-state index in [9.17, 15) is 9.59 Å². The van der Waals surface area contributed by atoms with Crippen LogP contribution in [0.25, 0.3) is 11.1 Å². The number of benzene rings is 3. The lowest BCUT2D eigenvalue weighted by Crippen LogP contribution is -2.46. The van der Waals surface area contributed by atoms with Gasteiger partial charge in [-0.25, -0.2) is 0 Å². The average Bonchev–Trinajstić information content (AvgIpc) is 2.92. The van der Waals surface area contributed by atoms with E-state index < -0.39 is 16.7 Å². The van der Waals surface area contributed by atoms with Crippen molar-refractivity contribution >= 4 is 41.7 Å². The molecular formula is C29H26ClN3O2S. The first-order valence-corrected chi connectivity index (χ1v) is 12.5. The van der Waals surface area contributed by atoms with Crippen molar-refractivity contribution in [3.63, 3.8) is 0 Å². The average molecular weight is 516 g/mol. The third-order valence-electron chi connectivity index (χ3n) is 5.86. The second-order valence-corrected chi connectivity index (χ2v) is 9.54. The number of anilines is 1. The first kappa shape index (κ1) is 25.5. The highest BCUT2D eigenvalue weighted by Crippen LogP contribution is 2.32. The van der Waals surface area contributed by atoms with Crippen molar-refractivity contribution in [1.29, 1.82) is 0 Å². The monoisotopic (exact) mass is 515 g/mol. The van der Waals surface area contributed by atoms with E-state index in [-0.39, 0.29) is 11.9 Å². The fourth-order valence-corrected chi connectivity index (χ4v) is 4.27. The number of carbonyl (C=O) groups is 2. The minimum absolute atomic E-state index is 0.280. The number of alkyl halides is 1. The van der Waals surface area contributed by atoms with Gasteiger partial charge in [-0.05, 0) is 41.8 Å². The molecule has 0 saturated carbocycles. The molecule has 0 aliphatic rings. The normalized spacial score (nSPS) is 13.3. The van der Waals surface area contributed by atoms with Crippen LogP contribution in [0, 0.1) is 0 Å². The van der Waals surface area contributed by atoms with E-state index in [4.69, 9.17) is 11.6 Å². The molecule has 3 atom stereocenters. The van der Waals surface area contributed by atoms with Crippen molar-refractivity contribution in [1.82, 2.24) is 10.3 Å². The van der Waals surface area contributed by atoms with E-state index in [0.717, 1.165) is 16.7 Å². The molecule has 0 saturated heterocycles. The molecule has 0 aliphatic heterocycles. The number of carbonyl (C=O) groups excluding carboxylic acids is 2. The van der Waals surface area contributed by atoms with Gasteiger partial charge in [0.1, 0.15) is 6.04 Å². The fraction of sp³-hybridized carbons (Fsp3) is 0.138. The van der Waals surface area contributed by atoms with Gasteiger partial charge in [0.25, 0.3) is 5.91 Å². The molecule has 1 aromatic heterocycles. The number of nitrogens with zero attached hydrogens (tertiary/aromatic N) is 2. The van der Waals surface area contributed by atoms with E-state index in [1.165, 1.54) is 4.90 Å². The molecule has 1 heterocycles. The number of amides is 2. The Hall–Kier alpha value is -3.61. The molecule has 2 amide bonds. The molecule has 1 N–H and O–H groups in total. The molecule has 1 unspecified atom stereocenters. The number of aromatic nitrogens is 1. The van der Waals surface area contributed by atoms with Crippen LogP contribution in [0.2, 0.25) is 0 Å². The van der Waals surface area contributed by atoms with E-state index in [1.807, 2.05) is 91.9 Å². The van der Waals surface area contributed by atoms with E-state index >= 15 is 0 Å². The molecular weight excluding hydrogens is 490 g/mol. The summed E-state index contributed by atoms with van der Waals surface area (Å²) in [4.78, 5) is 32.7. The molecule has 7 heteroatoms. The zero-order valence-corrected chi connectivity index (χ0v) is 21.3. The maximum atomic E-state index is 13.8. The minimum atomic E-state index is -1.14. The topological polar surface area (TPSA) is 62.3 Å².